The number of hydrogen-bond donors (Lipinski definition) is 1. The van der Waals surface area contributed by atoms with Crippen LogP contribution in [0.5, 0.6) is 0 Å². The van der Waals surface area contributed by atoms with E-state index < -0.39 is 11.8 Å². The van der Waals surface area contributed by atoms with Gasteiger partial charge in [-0.15, -0.1) is 0 Å². The van der Waals surface area contributed by atoms with Crippen LogP contribution in [-0.4, -0.2) is 31.7 Å². The third-order valence-electron chi connectivity index (χ3n) is 2.52. The number of ether oxygens (including phenoxy) is 1. The number of rotatable bonds is 4. The third kappa shape index (κ3) is 1.75. The molecule has 2 rings (SSSR count). The van der Waals surface area contributed by atoms with E-state index in [0.29, 0.717) is 13.0 Å². The van der Waals surface area contributed by atoms with Gasteiger partial charge in [0.2, 0.25) is 0 Å². The molecule has 1 saturated carbocycles. The summed E-state index contributed by atoms with van der Waals surface area (Å²) in [5, 5.41) is 3.06. The Morgan fingerprint density at radius 2 is 2.08 bits per heavy atom. The smallest absolute Gasteiger partial charge is 0.251 e. The normalized spacial score (nSPS) is 33.0. The van der Waals surface area contributed by atoms with Crippen molar-refractivity contribution in [2.75, 3.05) is 19.7 Å². The Labute approximate surface area is 70.3 Å². The molecule has 4 heteroatoms. The van der Waals surface area contributed by atoms with Crippen molar-refractivity contribution in [3.8, 4) is 0 Å². The first-order chi connectivity index (χ1) is 5.68. The van der Waals surface area contributed by atoms with E-state index in [9.17, 15) is 8.78 Å². The van der Waals surface area contributed by atoms with E-state index in [4.69, 9.17) is 4.74 Å². The number of halogens is 2. The Morgan fingerprint density at radius 3 is 2.50 bits per heavy atom. The molecule has 70 valence electrons. The van der Waals surface area contributed by atoms with Crippen LogP contribution in [0.3, 0.4) is 0 Å². The maximum atomic E-state index is 12.3. The first kappa shape index (κ1) is 8.38. The summed E-state index contributed by atoms with van der Waals surface area (Å²) in [4.78, 5) is 0. The lowest BCUT2D eigenvalue weighted by Crippen LogP contribution is -2.48. The van der Waals surface area contributed by atoms with Gasteiger partial charge < -0.3 is 10.1 Å². The lowest BCUT2D eigenvalue weighted by Gasteiger charge is -2.27. The molecule has 2 nitrogen and oxygen atoms in total. The second kappa shape index (κ2) is 2.92. The fourth-order valence-electron chi connectivity index (χ4n) is 1.34. The molecule has 1 aliphatic carbocycles. The highest BCUT2D eigenvalue weighted by molar-refractivity contribution is 4.94. The molecule has 12 heavy (non-hydrogen) atoms. The average Bonchev–Trinajstić information content (AvgIpc) is 2.47. The van der Waals surface area contributed by atoms with Gasteiger partial charge in [0.25, 0.3) is 5.92 Å². The van der Waals surface area contributed by atoms with Gasteiger partial charge in [-0.25, -0.2) is 8.78 Å². The molecular formula is C8H13F2NO. The molecule has 0 spiro atoms. The molecule has 2 aliphatic rings. The van der Waals surface area contributed by atoms with E-state index in [0.717, 1.165) is 13.1 Å². The first-order valence-corrected chi connectivity index (χ1v) is 4.38. The van der Waals surface area contributed by atoms with Crippen LogP contribution < -0.4 is 5.32 Å². The Kier molecular flexibility index (Phi) is 2.04. The Hall–Kier alpha value is -0.220. The van der Waals surface area contributed by atoms with Crippen molar-refractivity contribution in [3.05, 3.63) is 0 Å². The highest BCUT2D eigenvalue weighted by atomic mass is 19.3. The minimum absolute atomic E-state index is 0.0687. The third-order valence-corrected chi connectivity index (χ3v) is 2.52. The standard InChI is InChI=1S/C8H13F2NO/c9-8(10)3-6(8)1-2-12-7-4-11-5-7/h6-7,11H,1-5H2. The van der Waals surface area contributed by atoms with E-state index >= 15 is 0 Å². The fourth-order valence-corrected chi connectivity index (χ4v) is 1.34. The van der Waals surface area contributed by atoms with Gasteiger partial charge in [-0.05, 0) is 6.42 Å². The molecule has 2 fully saturated rings. The summed E-state index contributed by atoms with van der Waals surface area (Å²) in [6, 6.07) is 0. The summed E-state index contributed by atoms with van der Waals surface area (Å²) in [6.07, 6.45) is 0.861. The minimum atomic E-state index is -2.37. The van der Waals surface area contributed by atoms with Crippen molar-refractivity contribution in [1.29, 1.82) is 0 Å². The molecule has 0 radical (unpaired) electrons. The molecule has 1 unspecified atom stereocenters. The predicted octanol–water partition coefficient (Wildman–Crippen LogP) is 1.02. The monoisotopic (exact) mass is 177 g/mol. The van der Waals surface area contributed by atoms with Gasteiger partial charge in [0.1, 0.15) is 0 Å². The van der Waals surface area contributed by atoms with Crippen LogP contribution in [0.1, 0.15) is 12.8 Å². The summed E-state index contributed by atoms with van der Waals surface area (Å²) in [5.41, 5.74) is 0. The largest absolute Gasteiger partial charge is 0.376 e. The van der Waals surface area contributed by atoms with Crippen LogP contribution in [-0.2, 0) is 4.74 Å². The van der Waals surface area contributed by atoms with Crippen molar-refractivity contribution in [3.63, 3.8) is 0 Å². The minimum Gasteiger partial charge on any atom is -0.376 e. The topological polar surface area (TPSA) is 21.3 Å². The molecule has 0 amide bonds. The van der Waals surface area contributed by atoms with Crippen LogP contribution in [0.4, 0.5) is 8.78 Å². The Morgan fingerprint density at radius 1 is 1.42 bits per heavy atom. The second-order valence-corrected chi connectivity index (χ2v) is 3.60. The van der Waals surface area contributed by atoms with Crippen LogP contribution in [0.2, 0.25) is 0 Å². The molecule has 1 saturated heterocycles. The van der Waals surface area contributed by atoms with Gasteiger partial charge in [0, 0.05) is 32.0 Å². The number of nitrogens with one attached hydrogen (secondary N) is 1. The van der Waals surface area contributed by atoms with Gasteiger partial charge >= 0.3 is 0 Å². The molecule has 1 heterocycles. The van der Waals surface area contributed by atoms with Gasteiger partial charge in [-0.3, -0.25) is 0 Å². The van der Waals surface area contributed by atoms with Gasteiger partial charge in [0.15, 0.2) is 0 Å². The zero-order valence-electron chi connectivity index (χ0n) is 6.85. The fraction of sp³-hybridized carbons (Fsp3) is 1.00. The zero-order chi connectivity index (χ0) is 8.60. The van der Waals surface area contributed by atoms with E-state index in [1.807, 2.05) is 0 Å². The van der Waals surface area contributed by atoms with Crippen LogP contribution in [0.15, 0.2) is 0 Å². The van der Waals surface area contributed by atoms with E-state index in [1.165, 1.54) is 0 Å². The number of hydrogen-bond acceptors (Lipinski definition) is 2. The summed E-state index contributed by atoms with van der Waals surface area (Å²) >= 11 is 0. The Balaban J connectivity index is 1.52. The van der Waals surface area contributed by atoms with Crippen LogP contribution in [0.25, 0.3) is 0 Å². The average molecular weight is 177 g/mol. The van der Waals surface area contributed by atoms with Gasteiger partial charge in [-0.1, -0.05) is 0 Å². The lowest BCUT2D eigenvalue weighted by atomic mass is 10.2. The first-order valence-electron chi connectivity index (χ1n) is 4.38. The molecule has 0 bridgehead atoms. The molecule has 1 N–H and O–H groups in total. The molecular weight excluding hydrogens is 164 g/mol. The quantitative estimate of drug-likeness (QED) is 0.692. The SMILES string of the molecule is FC1(F)CC1CCOC1CNC1. The van der Waals surface area contributed by atoms with Gasteiger partial charge in [0.05, 0.1) is 6.10 Å². The zero-order valence-corrected chi connectivity index (χ0v) is 6.85. The van der Waals surface area contributed by atoms with Crippen molar-refractivity contribution in [2.24, 2.45) is 5.92 Å². The molecule has 1 aliphatic heterocycles. The maximum absolute atomic E-state index is 12.3. The van der Waals surface area contributed by atoms with Crippen LogP contribution in [0, 0.1) is 5.92 Å². The maximum Gasteiger partial charge on any atom is 0.251 e. The van der Waals surface area contributed by atoms with Crippen molar-refractivity contribution < 1.29 is 13.5 Å². The predicted molar refractivity (Wildman–Crippen MR) is 40.3 cm³/mol. The highest BCUT2D eigenvalue weighted by Gasteiger charge is 2.56. The molecule has 0 aromatic rings. The van der Waals surface area contributed by atoms with Crippen molar-refractivity contribution in [1.82, 2.24) is 5.32 Å². The second-order valence-electron chi connectivity index (χ2n) is 3.60. The summed E-state index contributed by atoms with van der Waals surface area (Å²) in [5.74, 6) is -2.77. The van der Waals surface area contributed by atoms with E-state index in [2.05, 4.69) is 5.32 Å². The van der Waals surface area contributed by atoms with Crippen molar-refractivity contribution in [2.45, 2.75) is 24.9 Å². The lowest BCUT2D eigenvalue weighted by molar-refractivity contribution is 0.00900. The molecule has 1 atom stereocenters. The Bertz CT molecular complexity index is 170. The van der Waals surface area contributed by atoms with Crippen molar-refractivity contribution >= 4 is 0 Å². The summed E-state index contributed by atoms with van der Waals surface area (Å²) < 4.78 is 30.0. The van der Waals surface area contributed by atoms with Crippen LogP contribution >= 0.6 is 0 Å². The van der Waals surface area contributed by atoms with E-state index in [1.54, 1.807) is 0 Å². The van der Waals surface area contributed by atoms with Gasteiger partial charge in [-0.2, -0.15) is 0 Å². The number of alkyl halides is 2. The summed E-state index contributed by atoms with van der Waals surface area (Å²) in [6.45, 7) is 2.24. The molecule has 0 aromatic carbocycles. The highest BCUT2D eigenvalue weighted by Crippen LogP contribution is 2.50. The summed E-state index contributed by atoms with van der Waals surface area (Å²) in [7, 11) is 0. The molecule has 0 aromatic heterocycles. The van der Waals surface area contributed by atoms with E-state index in [-0.39, 0.29) is 12.5 Å².